The molecule has 3 fully saturated rings. The van der Waals surface area contributed by atoms with Gasteiger partial charge in [-0.2, -0.15) is 0 Å². The minimum absolute atomic E-state index is 0.0665. The van der Waals surface area contributed by atoms with E-state index in [9.17, 15) is 4.79 Å². The average Bonchev–Trinajstić information content (AvgIpc) is 3.24. The SMILES string of the molecule is O=C(c1cc(C2CC2)on1)N1CC2(C1)OCCC2COCc1ccncc1. The van der Waals surface area contributed by atoms with E-state index in [-0.39, 0.29) is 11.5 Å². The molecule has 1 atom stereocenters. The lowest BCUT2D eigenvalue weighted by Crippen LogP contribution is -2.66. The van der Waals surface area contributed by atoms with Gasteiger partial charge in [0.2, 0.25) is 0 Å². The molecule has 1 aliphatic carbocycles. The molecule has 0 radical (unpaired) electrons. The van der Waals surface area contributed by atoms with Crippen molar-refractivity contribution < 1.29 is 18.8 Å². The van der Waals surface area contributed by atoms with Crippen LogP contribution in [-0.2, 0) is 16.1 Å². The number of rotatable bonds is 6. The first-order valence-corrected chi connectivity index (χ1v) is 9.60. The molecule has 1 spiro atoms. The summed E-state index contributed by atoms with van der Waals surface area (Å²) < 4.78 is 17.3. The molecule has 4 heterocycles. The second-order valence-electron chi connectivity index (χ2n) is 7.82. The third-order valence-corrected chi connectivity index (χ3v) is 5.87. The van der Waals surface area contributed by atoms with Crippen LogP contribution in [0, 0.1) is 5.92 Å². The molecule has 1 unspecified atom stereocenters. The summed E-state index contributed by atoms with van der Waals surface area (Å²) in [7, 11) is 0. The first kappa shape index (κ1) is 16.9. The molecule has 1 saturated carbocycles. The smallest absolute Gasteiger partial charge is 0.276 e. The van der Waals surface area contributed by atoms with Crippen LogP contribution in [0.5, 0.6) is 0 Å². The number of ether oxygens (including phenoxy) is 2. The van der Waals surface area contributed by atoms with Crippen LogP contribution in [0.2, 0.25) is 0 Å². The fourth-order valence-corrected chi connectivity index (χ4v) is 4.02. The summed E-state index contributed by atoms with van der Waals surface area (Å²) in [6, 6.07) is 5.72. The molecule has 3 aliphatic rings. The molecular formula is C20H23N3O4. The Hall–Kier alpha value is -2.25. The van der Waals surface area contributed by atoms with E-state index in [0.717, 1.165) is 37.2 Å². The number of carbonyl (C=O) groups excluding carboxylic acids is 1. The number of carbonyl (C=O) groups is 1. The first-order valence-electron chi connectivity index (χ1n) is 9.60. The van der Waals surface area contributed by atoms with Crippen molar-refractivity contribution in [3.63, 3.8) is 0 Å². The molecule has 142 valence electrons. The number of pyridine rings is 1. The number of aromatic nitrogens is 2. The Labute approximate surface area is 157 Å². The standard InChI is InChI=1S/C20H23N3O4/c24-19(17-9-18(27-22-17)15-1-2-15)23-12-20(13-23)16(5-8-26-20)11-25-10-14-3-6-21-7-4-14/h3-4,6-7,9,15-16H,1-2,5,8,10-13H2. The predicted molar refractivity (Wildman–Crippen MR) is 95.1 cm³/mol. The van der Waals surface area contributed by atoms with E-state index in [1.165, 1.54) is 0 Å². The monoisotopic (exact) mass is 369 g/mol. The lowest BCUT2D eigenvalue weighted by molar-refractivity contribution is -0.129. The number of hydrogen-bond donors (Lipinski definition) is 0. The maximum Gasteiger partial charge on any atom is 0.276 e. The molecule has 1 amide bonds. The summed E-state index contributed by atoms with van der Waals surface area (Å²) >= 11 is 0. The number of amides is 1. The fraction of sp³-hybridized carbons (Fsp3) is 0.550. The molecule has 27 heavy (non-hydrogen) atoms. The lowest BCUT2D eigenvalue weighted by Gasteiger charge is -2.49. The molecule has 0 aromatic carbocycles. The summed E-state index contributed by atoms with van der Waals surface area (Å²) in [4.78, 5) is 18.5. The normalized spacial score (nSPS) is 23.6. The van der Waals surface area contributed by atoms with E-state index in [1.54, 1.807) is 23.4 Å². The maximum absolute atomic E-state index is 12.6. The van der Waals surface area contributed by atoms with Gasteiger partial charge in [0.25, 0.3) is 5.91 Å². The van der Waals surface area contributed by atoms with Gasteiger partial charge in [0.15, 0.2) is 5.69 Å². The van der Waals surface area contributed by atoms with Gasteiger partial charge in [0, 0.05) is 36.9 Å². The van der Waals surface area contributed by atoms with Gasteiger partial charge in [-0.05, 0) is 37.0 Å². The summed E-state index contributed by atoms with van der Waals surface area (Å²) in [5, 5.41) is 3.96. The zero-order chi connectivity index (χ0) is 18.3. The molecule has 7 heteroatoms. The van der Waals surface area contributed by atoms with Crippen molar-refractivity contribution in [3.05, 3.63) is 47.6 Å². The fourth-order valence-electron chi connectivity index (χ4n) is 4.02. The Balaban J connectivity index is 1.15. The highest BCUT2D eigenvalue weighted by Gasteiger charge is 2.54. The Kier molecular flexibility index (Phi) is 4.21. The van der Waals surface area contributed by atoms with Gasteiger partial charge in [-0.25, -0.2) is 0 Å². The summed E-state index contributed by atoms with van der Waals surface area (Å²) in [5.74, 6) is 1.54. The average molecular weight is 369 g/mol. The highest BCUT2D eigenvalue weighted by atomic mass is 16.5. The molecular weight excluding hydrogens is 346 g/mol. The van der Waals surface area contributed by atoms with Gasteiger partial charge in [-0.1, -0.05) is 5.16 Å². The van der Waals surface area contributed by atoms with E-state index in [1.807, 2.05) is 12.1 Å². The molecule has 7 nitrogen and oxygen atoms in total. The Morgan fingerprint density at radius 3 is 2.85 bits per heavy atom. The minimum atomic E-state index is -0.267. The van der Waals surface area contributed by atoms with Crippen LogP contribution in [0.15, 0.2) is 35.1 Å². The van der Waals surface area contributed by atoms with E-state index in [0.29, 0.717) is 43.8 Å². The number of hydrogen-bond acceptors (Lipinski definition) is 6. The molecule has 2 aromatic rings. The highest BCUT2D eigenvalue weighted by molar-refractivity contribution is 5.93. The number of likely N-dealkylation sites (tertiary alicyclic amines) is 1. The van der Waals surface area contributed by atoms with Crippen LogP contribution in [0.4, 0.5) is 0 Å². The van der Waals surface area contributed by atoms with Crippen LogP contribution >= 0.6 is 0 Å². The topological polar surface area (TPSA) is 77.7 Å². The van der Waals surface area contributed by atoms with Gasteiger partial charge in [0.05, 0.1) is 26.3 Å². The van der Waals surface area contributed by atoms with E-state index < -0.39 is 0 Å². The van der Waals surface area contributed by atoms with Crippen LogP contribution in [-0.4, -0.2) is 52.9 Å². The second-order valence-corrected chi connectivity index (χ2v) is 7.82. The molecule has 0 N–H and O–H groups in total. The maximum atomic E-state index is 12.6. The van der Waals surface area contributed by atoms with Crippen molar-refractivity contribution in [2.45, 2.75) is 37.4 Å². The Bertz CT molecular complexity index is 812. The highest BCUT2D eigenvalue weighted by Crippen LogP contribution is 2.42. The summed E-state index contributed by atoms with van der Waals surface area (Å²) in [6.07, 6.45) is 6.77. The lowest BCUT2D eigenvalue weighted by atomic mass is 9.81. The minimum Gasteiger partial charge on any atom is -0.376 e. The second kappa shape index (κ2) is 6.73. The quantitative estimate of drug-likeness (QED) is 0.778. The van der Waals surface area contributed by atoms with Crippen LogP contribution in [0.3, 0.4) is 0 Å². The van der Waals surface area contributed by atoms with Gasteiger partial charge in [0.1, 0.15) is 11.4 Å². The molecule has 5 rings (SSSR count). The van der Waals surface area contributed by atoms with Crippen molar-refractivity contribution in [1.82, 2.24) is 15.0 Å². The van der Waals surface area contributed by atoms with E-state index in [2.05, 4.69) is 10.1 Å². The predicted octanol–water partition coefficient (Wildman–Crippen LogP) is 2.39. The molecule has 2 saturated heterocycles. The van der Waals surface area contributed by atoms with E-state index in [4.69, 9.17) is 14.0 Å². The number of nitrogens with zero attached hydrogens (tertiary/aromatic N) is 3. The van der Waals surface area contributed by atoms with Crippen LogP contribution < -0.4 is 0 Å². The van der Waals surface area contributed by atoms with Crippen molar-refractivity contribution in [1.29, 1.82) is 0 Å². The van der Waals surface area contributed by atoms with Gasteiger partial charge in [-0.15, -0.1) is 0 Å². The molecule has 2 aliphatic heterocycles. The van der Waals surface area contributed by atoms with Crippen molar-refractivity contribution in [2.75, 3.05) is 26.3 Å². The van der Waals surface area contributed by atoms with Crippen LogP contribution in [0.25, 0.3) is 0 Å². The molecule has 2 aromatic heterocycles. The van der Waals surface area contributed by atoms with Crippen molar-refractivity contribution in [2.24, 2.45) is 5.92 Å². The molecule has 0 bridgehead atoms. The van der Waals surface area contributed by atoms with Gasteiger partial charge >= 0.3 is 0 Å². The third-order valence-electron chi connectivity index (χ3n) is 5.87. The van der Waals surface area contributed by atoms with Crippen molar-refractivity contribution >= 4 is 5.91 Å². The van der Waals surface area contributed by atoms with Gasteiger partial charge in [-0.3, -0.25) is 9.78 Å². The van der Waals surface area contributed by atoms with Crippen molar-refractivity contribution in [3.8, 4) is 0 Å². The first-order chi connectivity index (χ1) is 13.2. The third kappa shape index (κ3) is 3.26. The largest absolute Gasteiger partial charge is 0.376 e. The van der Waals surface area contributed by atoms with E-state index >= 15 is 0 Å². The van der Waals surface area contributed by atoms with Crippen LogP contribution in [0.1, 0.15) is 47.0 Å². The Morgan fingerprint density at radius 1 is 1.26 bits per heavy atom. The Morgan fingerprint density at radius 2 is 2.07 bits per heavy atom. The zero-order valence-corrected chi connectivity index (χ0v) is 15.2. The van der Waals surface area contributed by atoms with Gasteiger partial charge < -0.3 is 18.9 Å². The zero-order valence-electron chi connectivity index (χ0n) is 15.2. The summed E-state index contributed by atoms with van der Waals surface area (Å²) in [5.41, 5.74) is 1.26. The summed E-state index contributed by atoms with van der Waals surface area (Å²) in [6.45, 7) is 3.13.